The van der Waals surface area contributed by atoms with Gasteiger partial charge in [-0.15, -0.1) is 17.5 Å². The summed E-state index contributed by atoms with van der Waals surface area (Å²) in [6.45, 7) is 27.0. The van der Waals surface area contributed by atoms with Crippen molar-refractivity contribution < 1.29 is 30.4 Å². The molecule has 0 aliphatic heterocycles. The van der Waals surface area contributed by atoms with Crippen molar-refractivity contribution in [3.05, 3.63) is 144 Å². The van der Waals surface area contributed by atoms with Crippen molar-refractivity contribution in [3.8, 4) is 28.8 Å². The predicted molar refractivity (Wildman–Crippen MR) is 233 cm³/mol. The predicted octanol–water partition coefficient (Wildman–Crippen LogP) is 12.2. The molecule has 0 unspecified atom stereocenters. The van der Waals surface area contributed by atoms with E-state index >= 15 is 0 Å². The Hall–Kier alpha value is -5.06. The SMILES string of the molecule is CC(C)(C)c1cc(-[n+]2[c-]n(-c3[c-]c(Oc4[c-]c5c(cc4)c4ccc(C(C)(C)C)cc4n5-c4cc(C(C)(C)C)ccn4)ccn3)c3ccccc32)cc(C(C)(C)C)c1.[Pt]. The van der Waals surface area contributed by atoms with Gasteiger partial charge in [-0.3, -0.25) is 14.1 Å². The number of rotatable bonds is 5. The zero-order valence-electron chi connectivity index (χ0n) is 35.8. The molecule has 6 nitrogen and oxygen atoms in total. The number of aromatic nitrogens is 5. The Morgan fingerprint density at radius 1 is 0.552 bits per heavy atom. The Morgan fingerprint density at radius 3 is 1.83 bits per heavy atom. The molecular weight excluding hydrogens is 894 g/mol. The molecule has 4 aromatic heterocycles. The first-order valence-electron chi connectivity index (χ1n) is 19.9. The molecule has 8 rings (SSSR count). The largest absolute Gasteiger partial charge is 0.522 e. The number of benzene rings is 4. The second-order valence-corrected chi connectivity index (χ2v) is 19.4. The van der Waals surface area contributed by atoms with Crippen molar-refractivity contribution in [1.29, 1.82) is 0 Å². The van der Waals surface area contributed by atoms with E-state index in [2.05, 4.69) is 183 Å². The summed E-state index contributed by atoms with van der Waals surface area (Å²) in [6, 6.07) is 39.3. The van der Waals surface area contributed by atoms with E-state index in [9.17, 15) is 0 Å². The van der Waals surface area contributed by atoms with Gasteiger partial charge in [0.05, 0.1) is 22.5 Å². The smallest absolute Gasteiger partial charge is 0.269 e. The second-order valence-electron chi connectivity index (χ2n) is 19.4. The topological polar surface area (TPSA) is 48.8 Å². The number of pyridine rings is 2. The van der Waals surface area contributed by atoms with Crippen LogP contribution < -0.4 is 9.30 Å². The van der Waals surface area contributed by atoms with E-state index < -0.39 is 0 Å². The van der Waals surface area contributed by atoms with E-state index in [1.54, 1.807) is 6.20 Å². The first kappa shape index (κ1) is 41.1. The van der Waals surface area contributed by atoms with Gasteiger partial charge in [-0.1, -0.05) is 137 Å². The first-order chi connectivity index (χ1) is 26.8. The Bertz CT molecular complexity index is 2780. The van der Waals surface area contributed by atoms with Crippen molar-refractivity contribution in [1.82, 2.24) is 19.1 Å². The molecule has 0 saturated heterocycles. The summed E-state index contributed by atoms with van der Waals surface area (Å²) in [5.74, 6) is 2.54. The maximum Gasteiger partial charge on any atom is 0.269 e. The summed E-state index contributed by atoms with van der Waals surface area (Å²) >= 11 is 0. The van der Waals surface area contributed by atoms with Gasteiger partial charge in [-0.25, -0.2) is 4.98 Å². The van der Waals surface area contributed by atoms with Crippen molar-refractivity contribution in [2.75, 3.05) is 0 Å². The fraction of sp³-hybridized carbons (Fsp3) is 0.314. The second kappa shape index (κ2) is 14.6. The van der Waals surface area contributed by atoms with Crippen LogP contribution in [-0.2, 0) is 42.7 Å². The van der Waals surface area contributed by atoms with Crippen LogP contribution in [0.15, 0.2) is 103 Å². The van der Waals surface area contributed by atoms with E-state index in [1.807, 2.05) is 29.0 Å². The molecule has 4 heterocycles. The number of para-hydroxylation sites is 2. The number of imidazole rings is 1. The van der Waals surface area contributed by atoms with E-state index in [1.165, 1.54) is 22.3 Å². The van der Waals surface area contributed by atoms with Gasteiger partial charge in [-0.2, -0.15) is 18.2 Å². The molecule has 0 aliphatic carbocycles. The van der Waals surface area contributed by atoms with E-state index in [0.717, 1.165) is 44.3 Å². The molecule has 300 valence electrons. The van der Waals surface area contributed by atoms with Crippen LogP contribution in [0.2, 0.25) is 0 Å². The minimum Gasteiger partial charge on any atom is -0.522 e. The molecule has 0 spiro atoms. The number of hydrogen-bond donors (Lipinski definition) is 0. The van der Waals surface area contributed by atoms with Crippen molar-refractivity contribution in [2.24, 2.45) is 0 Å². The van der Waals surface area contributed by atoms with Crippen LogP contribution in [0.25, 0.3) is 50.2 Å². The van der Waals surface area contributed by atoms with Gasteiger partial charge in [0.15, 0.2) is 0 Å². The summed E-state index contributed by atoms with van der Waals surface area (Å²) in [4.78, 5) is 9.68. The number of nitrogens with zero attached hydrogens (tertiary/aromatic N) is 5. The molecule has 0 aliphatic rings. The molecule has 7 heteroatoms. The van der Waals surface area contributed by atoms with Gasteiger partial charge in [0.1, 0.15) is 5.82 Å². The van der Waals surface area contributed by atoms with Crippen LogP contribution in [0.5, 0.6) is 11.5 Å². The first-order valence-corrected chi connectivity index (χ1v) is 19.9. The van der Waals surface area contributed by atoms with Gasteiger partial charge >= 0.3 is 0 Å². The molecule has 0 radical (unpaired) electrons. The normalized spacial score (nSPS) is 12.7. The number of hydrogen-bond acceptors (Lipinski definition) is 3. The monoisotopic (exact) mass is 946 g/mol. The van der Waals surface area contributed by atoms with Crippen LogP contribution >= 0.6 is 0 Å². The van der Waals surface area contributed by atoms with Crippen molar-refractivity contribution in [2.45, 2.75) is 105 Å². The van der Waals surface area contributed by atoms with E-state index in [4.69, 9.17) is 14.7 Å². The Labute approximate surface area is 358 Å². The van der Waals surface area contributed by atoms with Crippen LogP contribution in [0.4, 0.5) is 0 Å². The van der Waals surface area contributed by atoms with Crippen LogP contribution in [-0.4, -0.2) is 19.1 Å². The van der Waals surface area contributed by atoms with Crippen molar-refractivity contribution >= 4 is 32.8 Å². The summed E-state index contributed by atoms with van der Waals surface area (Å²) in [6.07, 6.45) is 7.30. The quantitative estimate of drug-likeness (QED) is 0.128. The van der Waals surface area contributed by atoms with E-state index in [-0.39, 0.29) is 42.7 Å². The third kappa shape index (κ3) is 7.76. The molecule has 0 amide bonds. The number of fused-ring (bicyclic) bond motifs is 4. The van der Waals surface area contributed by atoms with Gasteiger partial charge in [0.2, 0.25) is 0 Å². The van der Waals surface area contributed by atoms with Crippen LogP contribution in [0.1, 0.15) is 105 Å². The van der Waals surface area contributed by atoms with Gasteiger partial charge in [0, 0.05) is 38.5 Å². The fourth-order valence-electron chi connectivity index (χ4n) is 7.36. The number of ether oxygens (including phenoxy) is 1. The molecule has 0 atom stereocenters. The summed E-state index contributed by atoms with van der Waals surface area (Å²) < 4.78 is 12.9. The molecule has 0 N–H and O–H groups in total. The summed E-state index contributed by atoms with van der Waals surface area (Å²) in [5.41, 5.74) is 9.98. The summed E-state index contributed by atoms with van der Waals surface area (Å²) in [7, 11) is 0. The maximum absolute atomic E-state index is 6.58. The average Bonchev–Trinajstić information content (AvgIpc) is 3.69. The molecule has 0 bridgehead atoms. The molecular formula is C51H53N5OPt-2. The Kier molecular flexibility index (Phi) is 10.4. The fourth-order valence-corrected chi connectivity index (χ4v) is 7.36. The third-order valence-corrected chi connectivity index (χ3v) is 10.9. The third-order valence-electron chi connectivity index (χ3n) is 10.9. The molecule has 58 heavy (non-hydrogen) atoms. The Morgan fingerprint density at radius 2 is 1.16 bits per heavy atom. The zero-order valence-corrected chi connectivity index (χ0v) is 38.0. The van der Waals surface area contributed by atoms with Crippen molar-refractivity contribution in [3.63, 3.8) is 0 Å². The molecule has 0 fully saturated rings. The van der Waals surface area contributed by atoms with Gasteiger partial charge < -0.3 is 9.30 Å². The maximum atomic E-state index is 6.58. The van der Waals surface area contributed by atoms with E-state index in [0.29, 0.717) is 17.3 Å². The van der Waals surface area contributed by atoms with Gasteiger partial charge in [0.25, 0.3) is 6.33 Å². The van der Waals surface area contributed by atoms with Crippen LogP contribution in [0.3, 0.4) is 0 Å². The molecule has 0 saturated carbocycles. The van der Waals surface area contributed by atoms with Crippen LogP contribution in [0, 0.1) is 18.5 Å². The minimum atomic E-state index is -0.0343. The minimum absolute atomic E-state index is 0. The zero-order chi connectivity index (χ0) is 40.7. The standard InChI is InChI=1S/C51H53N5O.Pt/c1-48(2,3)33-17-19-40-41-20-18-38(30-45(41)56(44(40)28-33)47-29-34(21-23-53-47)49(4,5)6)57-39-22-24-52-46(31-39)55-32-54(42-15-13-14-16-43(42)55)37-26-35(50(7,8)9)25-36(27-37)51(10,11)12;/h13-29H,1-12H3;/q-2;. The van der Waals surface area contributed by atoms with Gasteiger partial charge in [-0.05, 0) is 85.4 Å². The Balaban J connectivity index is 0.00000512. The molecule has 8 aromatic rings. The summed E-state index contributed by atoms with van der Waals surface area (Å²) in [5, 5.41) is 2.23. The average molecular weight is 947 g/mol. The molecule has 4 aromatic carbocycles.